The van der Waals surface area contributed by atoms with E-state index in [-0.39, 0.29) is 0 Å². The zero-order chi connectivity index (χ0) is 7.68. The minimum atomic E-state index is 0.389. The molecule has 0 spiro atoms. The fourth-order valence-electron chi connectivity index (χ4n) is 1.24. The molecular formula is C9H10N2. The quantitative estimate of drug-likeness (QED) is 0.644. The van der Waals surface area contributed by atoms with Gasteiger partial charge < -0.3 is 0 Å². The third-order valence-electron chi connectivity index (χ3n) is 1.82. The maximum Gasteiger partial charge on any atom is 0.0731 e. The van der Waals surface area contributed by atoms with Gasteiger partial charge in [0.25, 0.3) is 0 Å². The zero-order valence-electron chi connectivity index (χ0n) is 6.41. The molecule has 0 atom stereocenters. The largest absolute Gasteiger partial charge is 0.283 e. The summed E-state index contributed by atoms with van der Waals surface area (Å²) >= 11 is 0. The summed E-state index contributed by atoms with van der Waals surface area (Å²) in [6.45, 7) is 2.01. The number of hydrogen-bond acceptors (Lipinski definition) is 1. The normalized spacial score (nSPS) is 16.5. The molecule has 1 aliphatic carbocycles. The van der Waals surface area contributed by atoms with Crippen LogP contribution in [0.25, 0.3) is 0 Å². The predicted octanol–water partition coefficient (Wildman–Crippen LogP) is 1.93. The molecule has 1 heterocycles. The summed E-state index contributed by atoms with van der Waals surface area (Å²) in [6, 6.07) is 2.07. The van der Waals surface area contributed by atoms with Crippen LogP contribution in [0.1, 0.15) is 17.3 Å². The van der Waals surface area contributed by atoms with Crippen molar-refractivity contribution in [1.29, 1.82) is 0 Å². The van der Waals surface area contributed by atoms with Gasteiger partial charge in [-0.2, -0.15) is 5.10 Å². The monoisotopic (exact) mass is 146 g/mol. The molecule has 0 aliphatic heterocycles. The lowest BCUT2D eigenvalue weighted by atomic mass is 10.1. The van der Waals surface area contributed by atoms with E-state index in [0.29, 0.717) is 5.92 Å². The molecule has 2 heteroatoms. The Morgan fingerprint density at radius 1 is 1.36 bits per heavy atom. The van der Waals surface area contributed by atoms with Crippen LogP contribution in [0.3, 0.4) is 0 Å². The van der Waals surface area contributed by atoms with Gasteiger partial charge in [-0.3, -0.25) is 5.10 Å². The molecule has 2 nitrogen and oxygen atoms in total. The van der Waals surface area contributed by atoms with E-state index in [1.54, 1.807) is 0 Å². The lowest BCUT2D eigenvalue weighted by Crippen LogP contribution is -1.87. The van der Waals surface area contributed by atoms with Crippen LogP contribution in [0.15, 0.2) is 30.4 Å². The molecule has 2 rings (SSSR count). The van der Waals surface area contributed by atoms with Crippen LogP contribution in [-0.4, -0.2) is 10.2 Å². The Kier molecular flexibility index (Phi) is 1.39. The van der Waals surface area contributed by atoms with Gasteiger partial charge in [0.05, 0.1) is 5.69 Å². The smallest absolute Gasteiger partial charge is 0.0731 e. The minimum Gasteiger partial charge on any atom is -0.283 e. The molecule has 0 radical (unpaired) electrons. The third-order valence-corrected chi connectivity index (χ3v) is 1.82. The van der Waals surface area contributed by atoms with Gasteiger partial charge in [-0.1, -0.05) is 24.3 Å². The van der Waals surface area contributed by atoms with Crippen molar-refractivity contribution in [2.45, 2.75) is 12.8 Å². The highest BCUT2D eigenvalue weighted by atomic mass is 15.1. The van der Waals surface area contributed by atoms with Crippen LogP contribution < -0.4 is 0 Å². The van der Waals surface area contributed by atoms with E-state index >= 15 is 0 Å². The van der Waals surface area contributed by atoms with Crippen LogP contribution in [0.2, 0.25) is 0 Å². The summed E-state index contributed by atoms with van der Waals surface area (Å²) < 4.78 is 0. The number of nitrogens with one attached hydrogen (secondary N) is 1. The first kappa shape index (κ1) is 6.40. The first-order chi connectivity index (χ1) is 5.36. The molecular weight excluding hydrogens is 136 g/mol. The Hall–Kier alpha value is -1.31. The van der Waals surface area contributed by atoms with E-state index in [1.807, 2.05) is 6.92 Å². The number of rotatable bonds is 1. The van der Waals surface area contributed by atoms with Crippen molar-refractivity contribution < 1.29 is 0 Å². The van der Waals surface area contributed by atoms with E-state index in [2.05, 4.69) is 40.6 Å². The van der Waals surface area contributed by atoms with E-state index in [9.17, 15) is 0 Å². The van der Waals surface area contributed by atoms with Crippen LogP contribution in [0, 0.1) is 6.92 Å². The van der Waals surface area contributed by atoms with Crippen molar-refractivity contribution in [3.63, 3.8) is 0 Å². The van der Waals surface area contributed by atoms with E-state index in [0.717, 1.165) is 11.4 Å². The summed E-state index contributed by atoms with van der Waals surface area (Å²) in [7, 11) is 0. The molecule has 0 bridgehead atoms. The van der Waals surface area contributed by atoms with Crippen molar-refractivity contribution in [3.05, 3.63) is 41.8 Å². The summed E-state index contributed by atoms with van der Waals surface area (Å²) in [6.07, 6.45) is 8.37. The fraction of sp³-hybridized carbons (Fsp3) is 0.222. The van der Waals surface area contributed by atoms with Crippen LogP contribution in [-0.2, 0) is 0 Å². The number of aromatic amines is 1. The number of allylic oxidation sites excluding steroid dienone is 4. The Balaban J connectivity index is 2.29. The molecule has 0 saturated heterocycles. The van der Waals surface area contributed by atoms with Crippen molar-refractivity contribution in [2.24, 2.45) is 0 Å². The van der Waals surface area contributed by atoms with Gasteiger partial charge in [-0.15, -0.1) is 0 Å². The van der Waals surface area contributed by atoms with Crippen LogP contribution >= 0.6 is 0 Å². The SMILES string of the molecule is Cc1cc(C2C=CC=C2)n[nH]1. The topological polar surface area (TPSA) is 28.7 Å². The zero-order valence-corrected chi connectivity index (χ0v) is 6.41. The van der Waals surface area contributed by atoms with Gasteiger partial charge in [0, 0.05) is 11.6 Å². The minimum absolute atomic E-state index is 0.389. The standard InChI is InChI=1S/C9H10N2/c1-7-6-9(11-10-7)8-4-2-3-5-8/h2-6,8H,1H3,(H,10,11). The third kappa shape index (κ3) is 1.11. The molecule has 0 fully saturated rings. The van der Waals surface area contributed by atoms with E-state index in [4.69, 9.17) is 0 Å². The van der Waals surface area contributed by atoms with Gasteiger partial charge in [0.15, 0.2) is 0 Å². The number of hydrogen-bond donors (Lipinski definition) is 1. The van der Waals surface area contributed by atoms with Crippen LogP contribution in [0.4, 0.5) is 0 Å². The Bertz CT molecular complexity index is 295. The Labute approximate surface area is 65.6 Å². The first-order valence-corrected chi connectivity index (χ1v) is 3.73. The Morgan fingerprint density at radius 3 is 2.64 bits per heavy atom. The van der Waals surface area contributed by atoms with Crippen molar-refractivity contribution in [2.75, 3.05) is 0 Å². The lowest BCUT2D eigenvalue weighted by Gasteiger charge is -1.96. The summed E-state index contributed by atoms with van der Waals surface area (Å²) in [5.74, 6) is 0.389. The van der Waals surface area contributed by atoms with Crippen molar-refractivity contribution in [1.82, 2.24) is 10.2 Å². The second kappa shape index (κ2) is 2.38. The van der Waals surface area contributed by atoms with E-state index in [1.165, 1.54) is 0 Å². The van der Waals surface area contributed by atoms with Gasteiger partial charge in [-0.25, -0.2) is 0 Å². The molecule has 0 unspecified atom stereocenters. The number of aryl methyl sites for hydroxylation is 1. The van der Waals surface area contributed by atoms with Crippen molar-refractivity contribution >= 4 is 0 Å². The van der Waals surface area contributed by atoms with E-state index < -0.39 is 0 Å². The first-order valence-electron chi connectivity index (χ1n) is 3.73. The average molecular weight is 146 g/mol. The predicted molar refractivity (Wildman–Crippen MR) is 44.3 cm³/mol. The molecule has 0 amide bonds. The molecule has 1 aliphatic rings. The molecule has 1 aromatic rings. The maximum atomic E-state index is 4.17. The van der Waals surface area contributed by atoms with Crippen LogP contribution in [0.5, 0.6) is 0 Å². The second-order valence-electron chi connectivity index (χ2n) is 2.77. The molecule has 1 aromatic heterocycles. The van der Waals surface area contributed by atoms with Crippen molar-refractivity contribution in [3.8, 4) is 0 Å². The number of aromatic nitrogens is 2. The highest BCUT2D eigenvalue weighted by Crippen LogP contribution is 2.20. The summed E-state index contributed by atoms with van der Waals surface area (Å²) in [5.41, 5.74) is 2.22. The highest BCUT2D eigenvalue weighted by Gasteiger charge is 2.08. The summed E-state index contributed by atoms with van der Waals surface area (Å²) in [5, 5.41) is 7.10. The second-order valence-corrected chi connectivity index (χ2v) is 2.77. The molecule has 1 N–H and O–H groups in total. The number of H-pyrrole nitrogens is 1. The molecule has 0 aromatic carbocycles. The fourth-order valence-corrected chi connectivity index (χ4v) is 1.24. The molecule has 0 saturated carbocycles. The lowest BCUT2D eigenvalue weighted by molar-refractivity contribution is 0.945. The molecule has 11 heavy (non-hydrogen) atoms. The average Bonchev–Trinajstić information content (AvgIpc) is 2.55. The maximum absolute atomic E-state index is 4.17. The van der Waals surface area contributed by atoms with Gasteiger partial charge in [0.2, 0.25) is 0 Å². The van der Waals surface area contributed by atoms with Gasteiger partial charge >= 0.3 is 0 Å². The van der Waals surface area contributed by atoms with Gasteiger partial charge in [0.1, 0.15) is 0 Å². The Morgan fingerprint density at radius 2 is 2.09 bits per heavy atom. The highest BCUT2D eigenvalue weighted by molar-refractivity contribution is 5.30. The molecule has 56 valence electrons. The van der Waals surface area contributed by atoms with Gasteiger partial charge in [-0.05, 0) is 13.0 Å². The number of nitrogens with zero attached hydrogens (tertiary/aromatic N) is 1. The summed E-state index contributed by atoms with van der Waals surface area (Å²) in [4.78, 5) is 0.